The first-order valence-electron chi connectivity index (χ1n) is 7.68. The highest BCUT2D eigenvalue weighted by atomic mass is 16.4. The molecule has 1 fully saturated rings. The van der Waals surface area contributed by atoms with Gasteiger partial charge in [-0.1, -0.05) is 18.2 Å². The van der Waals surface area contributed by atoms with Crippen molar-refractivity contribution in [3.05, 3.63) is 60.4 Å². The van der Waals surface area contributed by atoms with Crippen LogP contribution in [0.15, 0.2) is 54.9 Å². The van der Waals surface area contributed by atoms with E-state index in [9.17, 15) is 14.4 Å². The quantitative estimate of drug-likeness (QED) is 0.741. The standard InChI is InChI=1S/C18H13N3O4/c22-16-9-15(20-10-19-13-6-1-2-7-14(13)20)17(23)21(16)12-5-3-4-11(8-12)18(24)25/h1-8,10,15H,9H2,(H,24,25)/t15-/m0/s1. The van der Waals surface area contributed by atoms with Crippen molar-refractivity contribution in [3.63, 3.8) is 0 Å². The molecule has 0 radical (unpaired) electrons. The normalized spacial score (nSPS) is 17.4. The van der Waals surface area contributed by atoms with Crippen molar-refractivity contribution < 1.29 is 19.5 Å². The highest BCUT2D eigenvalue weighted by Crippen LogP contribution is 2.32. The Balaban J connectivity index is 1.73. The van der Waals surface area contributed by atoms with Gasteiger partial charge >= 0.3 is 5.97 Å². The Labute approximate surface area is 142 Å². The van der Waals surface area contributed by atoms with E-state index in [0.717, 1.165) is 15.9 Å². The number of imidazole rings is 1. The molecule has 7 nitrogen and oxygen atoms in total. The van der Waals surface area contributed by atoms with Gasteiger partial charge in [-0.25, -0.2) is 14.7 Å². The number of anilines is 1. The number of hydrogen-bond acceptors (Lipinski definition) is 4. The van der Waals surface area contributed by atoms with Gasteiger partial charge in [-0.2, -0.15) is 0 Å². The van der Waals surface area contributed by atoms with Crippen LogP contribution in [0.4, 0.5) is 5.69 Å². The first-order chi connectivity index (χ1) is 12.1. The van der Waals surface area contributed by atoms with Gasteiger partial charge < -0.3 is 9.67 Å². The second-order valence-corrected chi connectivity index (χ2v) is 5.78. The van der Waals surface area contributed by atoms with E-state index in [1.165, 1.54) is 18.2 Å². The zero-order chi connectivity index (χ0) is 17.6. The molecule has 1 saturated heterocycles. The fourth-order valence-corrected chi connectivity index (χ4v) is 3.11. The Morgan fingerprint density at radius 3 is 2.72 bits per heavy atom. The monoisotopic (exact) mass is 335 g/mol. The molecule has 1 aliphatic rings. The number of para-hydroxylation sites is 2. The largest absolute Gasteiger partial charge is 0.478 e. The van der Waals surface area contributed by atoms with Crippen molar-refractivity contribution in [1.29, 1.82) is 0 Å². The number of amides is 2. The maximum atomic E-state index is 12.8. The van der Waals surface area contributed by atoms with Crippen LogP contribution < -0.4 is 4.90 Å². The van der Waals surface area contributed by atoms with Crippen molar-refractivity contribution in [1.82, 2.24) is 9.55 Å². The van der Waals surface area contributed by atoms with Gasteiger partial charge in [0.15, 0.2) is 0 Å². The molecular formula is C18H13N3O4. The summed E-state index contributed by atoms with van der Waals surface area (Å²) in [5.74, 6) is -1.87. The fourth-order valence-electron chi connectivity index (χ4n) is 3.11. The molecule has 0 aliphatic carbocycles. The summed E-state index contributed by atoms with van der Waals surface area (Å²) in [4.78, 5) is 41.7. The van der Waals surface area contributed by atoms with E-state index >= 15 is 0 Å². The minimum Gasteiger partial charge on any atom is -0.478 e. The molecule has 2 amide bonds. The third kappa shape index (κ3) is 2.37. The number of benzene rings is 2. The lowest BCUT2D eigenvalue weighted by molar-refractivity contribution is -0.122. The van der Waals surface area contributed by atoms with E-state index in [2.05, 4.69) is 4.98 Å². The number of nitrogens with zero attached hydrogens (tertiary/aromatic N) is 3. The molecule has 0 bridgehead atoms. The zero-order valence-electron chi connectivity index (χ0n) is 13.0. The van der Waals surface area contributed by atoms with Crippen LogP contribution in [-0.2, 0) is 9.59 Å². The van der Waals surface area contributed by atoms with Crippen molar-refractivity contribution in [2.45, 2.75) is 12.5 Å². The minimum atomic E-state index is -1.11. The number of aromatic nitrogens is 2. The van der Waals surface area contributed by atoms with E-state index < -0.39 is 17.9 Å². The number of rotatable bonds is 3. The Morgan fingerprint density at radius 2 is 1.92 bits per heavy atom. The number of imide groups is 1. The maximum absolute atomic E-state index is 12.8. The van der Waals surface area contributed by atoms with Gasteiger partial charge in [-0.3, -0.25) is 9.59 Å². The molecule has 0 unspecified atom stereocenters. The number of carbonyl (C=O) groups is 3. The number of carbonyl (C=O) groups excluding carboxylic acids is 2. The van der Waals surface area contributed by atoms with E-state index in [1.807, 2.05) is 24.3 Å². The molecule has 0 spiro atoms. The third-order valence-electron chi connectivity index (χ3n) is 4.29. The lowest BCUT2D eigenvalue weighted by atomic mass is 10.2. The Morgan fingerprint density at radius 1 is 1.12 bits per heavy atom. The molecule has 2 heterocycles. The van der Waals surface area contributed by atoms with Gasteiger partial charge in [-0.15, -0.1) is 0 Å². The summed E-state index contributed by atoms with van der Waals surface area (Å²) >= 11 is 0. The predicted molar refractivity (Wildman–Crippen MR) is 89.3 cm³/mol. The van der Waals surface area contributed by atoms with Crippen LogP contribution in [0, 0.1) is 0 Å². The van der Waals surface area contributed by atoms with Crippen LogP contribution in [0.1, 0.15) is 22.8 Å². The average Bonchev–Trinajstić information content (AvgIpc) is 3.15. The number of hydrogen-bond donors (Lipinski definition) is 1. The molecule has 4 rings (SSSR count). The smallest absolute Gasteiger partial charge is 0.335 e. The first kappa shape index (κ1) is 15.1. The molecule has 1 N–H and O–H groups in total. The summed E-state index contributed by atoms with van der Waals surface area (Å²) < 4.78 is 1.69. The molecule has 3 aromatic rings. The molecule has 25 heavy (non-hydrogen) atoms. The topological polar surface area (TPSA) is 92.5 Å². The highest BCUT2D eigenvalue weighted by molar-refractivity contribution is 6.22. The van der Waals surface area contributed by atoms with Crippen LogP contribution >= 0.6 is 0 Å². The summed E-state index contributed by atoms with van der Waals surface area (Å²) in [6.45, 7) is 0. The van der Waals surface area contributed by atoms with E-state index in [-0.39, 0.29) is 23.6 Å². The average molecular weight is 335 g/mol. The second kappa shape index (κ2) is 5.55. The fraction of sp³-hybridized carbons (Fsp3) is 0.111. The predicted octanol–water partition coefficient (Wildman–Crippen LogP) is 2.24. The Hall–Kier alpha value is -3.48. The molecule has 1 aromatic heterocycles. The lowest BCUT2D eigenvalue weighted by Gasteiger charge is -2.16. The maximum Gasteiger partial charge on any atom is 0.335 e. The number of carboxylic acids is 1. The second-order valence-electron chi connectivity index (χ2n) is 5.78. The molecule has 124 valence electrons. The Bertz CT molecular complexity index is 1020. The zero-order valence-corrected chi connectivity index (χ0v) is 13.0. The Kier molecular flexibility index (Phi) is 3.35. The molecule has 2 aromatic carbocycles. The summed E-state index contributed by atoms with van der Waals surface area (Å²) in [7, 11) is 0. The molecule has 0 saturated carbocycles. The first-order valence-corrected chi connectivity index (χ1v) is 7.68. The van der Waals surface area contributed by atoms with E-state index in [1.54, 1.807) is 17.0 Å². The lowest BCUT2D eigenvalue weighted by Crippen LogP contribution is -2.31. The molecular weight excluding hydrogens is 322 g/mol. The molecule has 1 atom stereocenters. The van der Waals surface area contributed by atoms with Gasteiger partial charge in [0.1, 0.15) is 6.04 Å². The van der Waals surface area contributed by atoms with Gasteiger partial charge in [-0.05, 0) is 30.3 Å². The molecule has 1 aliphatic heterocycles. The van der Waals surface area contributed by atoms with E-state index in [0.29, 0.717) is 0 Å². The van der Waals surface area contributed by atoms with Gasteiger partial charge in [0.2, 0.25) is 5.91 Å². The van der Waals surface area contributed by atoms with Crippen LogP contribution in [0.2, 0.25) is 0 Å². The SMILES string of the molecule is O=C(O)c1cccc(N2C(=O)C[C@H](n3cnc4ccccc43)C2=O)c1. The molecule has 7 heteroatoms. The summed E-state index contributed by atoms with van der Waals surface area (Å²) in [5.41, 5.74) is 1.81. The van der Waals surface area contributed by atoms with Crippen LogP contribution in [0.3, 0.4) is 0 Å². The van der Waals surface area contributed by atoms with Crippen LogP contribution in [0.5, 0.6) is 0 Å². The van der Waals surface area contributed by atoms with Gasteiger partial charge in [0.25, 0.3) is 5.91 Å². The van der Waals surface area contributed by atoms with Gasteiger partial charge in [0.05, 0.1) is 35.0 Å². The summed E-state index contributed by atoms with van der Waals surface area (Å²) in [6.07, 6.45) is 1.56. The number of aromatic carboxylic acids is 1. The van der Waals surface area contributed by atoms with Crippen molar-refractivity contribution in [2.75, 3.05) is 4.90 Å². The van der Waals surface area contributed by atoms with E-state index in [4.69, 9.17) is 5.11 Å². The number of carboxylic acid groups (broad SMARTS) is 1. The van der Waals surface area contributed by atoms with Crippen molar-refractivity contribution in [3.8, 4) is 0 Å². The van der Waals surface area contributed by atoms with Gasteiger partial charge in [0, 0.05) is 0 Å². The summed E-state index contributed by atoms with van der Waals surface area (Å²) in [5, 5.41) is 9.10. The summed E-state index contributed by atoms with van der Waals surface area (Å²) in [6, 6.07) is 12.5. The highest BCUT2D eigenvalue weighted by Gasteiger charge is 2.41. The van der Waals surface area contributed by atoms with Crippen LogP contribution in [-0.4, -0.2) is 32.4 Å². The van der Waals surface area contributed by atoms with Crippen LogP contribution in [0.25, 0.3) is 11.0 Å². The third-order valence-corrected chi connectivity index (χ3v) is 4.29. The van der Waals surface area contributed by atoms with Crippen molar-refractivity contribution >= 4 is 34.5 Å². The van der Waals surface area contributed by atoms with Crippen molar-refractivity contribution in [2.24, 2.45) is 0 Å². The number of fused-ring (bicyclic) bond motifs is 1. The minimum absolute atomic E-state index is 0.0104.